The lowest BCUT2D eigenvalue weighted by Crippen LogP contribution is -2.56. The fourth-order valence-corrected chi connectivity index (χ4v) is 11.1. The first-order valence-electron chi connectivity index (χ1n) is 21.4. The van der Waals surface area contributed by atoms with Gasteiger partial charge in [0.1, 0.15) is 11.2 Å². The number of hydrogen-bond acceptors (Lipinski definition) is 2. The molecule has 2 aromatic heterocycles. The van der Waals surface area contributed by atoms with Crippen LogP contribution in [0.2, 0.25) is 0 Å². The van der Waals surface area contributed by atoms with Gasteiger partial charge in [0.2, 0.25) is 0 Å². The highest BCUT2D eigenvalue weighted by molar-refractivity contribution is 6.90. The molecule has 2 aliphatic heterocycles. The quantitative estimate of drug-likeness (QED) is 0.163. The van der Waals surface area contributed by atoms with Gasteiger partial charge in [-0.15, -0.1) is 0 Å². The van der Waals surface area contributed by atoms with Gasteiger partial charge in [-0.2, -0.15) is 0 Å². The first kappa shape index (κ1) is 34.1. The van der Waals surface area contributed by atoms with E-state index >= 15 is 0 Å². The van der Waals surface area contributed by atoms with Crippen molar-refractivity contribution in [2.45, 2.75) is 77.6 Å². The normalized spacial score (nSPS) is 15.9. The molecule has 0 bridgehead atoms. The van der Waals surface area contributed by atoms with Gasteiger partial charge in [-0.05, 0) is 112 Å². The molecular formula is C54H47BN2O. The summed E-state index contributed by atoms with van der Waals surface area (Å²) in [4.78, 5) is 2.63. The second kappa shape index (κ2) is 12.0. The molecule has 3 aliphatic rings. The zero-order valence-corrected chi connectivity index (χ0v) is 34.1. The molecule has 4 heterocycles. The molecule has 0 spiro atoms. The first-order valence-corrected chi connectivity index (χ1v) is 21.4. The highest BCUT2D eigenvalue weighted by Gasteiger charge is 2.48. The summed E-state index contributed by atoms with van der Waals surface area (Å²) in [5, 5.41) is 6.28. The second-order valence-electron chi connectivity index (χ2n) is 18.5. The molecular weight excluding hydrogens is 703 g/mol. The van der Waals surface area contributed by atoms with Gasteiger partial charge < -0.3 is 13.8 Å². The van der Waals surface area contributed by atoms with Crippen LogP contribution in [0.3, 0.4) is 0 Å². The summed E-state index contributed by atoms with van der Waals surface area (Å²) in [7, 11) is 0. The number of hydrogen-bond donors (Lipinski definition) is 0. The molecule has 4 heteroatoms. The van der Waals surface area contributed by atoms with E-state index in [2.05, 4.69) is 177 Å². The van der Waals surface area contributed by atoms with Crippen LogP contribution >= 0.6 is 0 Å². The van der Waals surface area contributed by atoms with Crippen molar-refractivity contribution in [1.82, 2.24) is 4.48 Å². The zero-order chi connectivity index (χ0) is 39.1. The number of benzene rings is 7. The van der Waals surface area contributed by atoms with Gasteiger partial charge in [-0.1, -0.05) is 138 Å². The Morgan fingerprint density at radius 3 is 2.16 bits per heavy atom. The van der Waals surface area contributed by atoms with Crippen LogP contribution in [0.1, 0.15) is 77.0 Å². The summed E-state index contributed by atoms with van der Waals surface area (Å²) in [5.41, 5.74) is 18.8. The third-order valence-electron chi connectivity index (χ3n) is 14.2. The van der Waals surface area contributed by atoms with E-state index in [1.165, 1.54) is 112 Å². The van der Waals surface area contributed by atoms with Crippen molar-refractivity contribution in [2.75, 3.05) is 4.90 Å². The minimum atomic E-state index is -0.160. The number of para-hydroxylation sites is 2. The topological polar surface area (TPSA) is 21.3 Å². The van der Waals surface area contributed by atoms with Crippen molar-refractivity contribution >= 4 is 78.6 Å². The Balaban J connectivity index is 1.28. The molecule has 282 valence electrons. The standard InChI is InChI=1S/C54H47BN2O/c1-6-7-16-33-25-26-45(40(29-33)34-17-9-8-10-18-34)56-50-36-20-12-11-19-35(36)30-41-39-23-15-22-38-37-21-13-14-24-46(37)57(49(38)39)55(48(41)50)52-51(56)42-31-43-44(32-47(42)58-52)54(4,5)28-27-53(43,2)3/h8-15,17-26,29-32H,6-7,16,27-28H2,1-5H3. The lowest BCUT2D eigenvalue weighted by molar-refractivity contribution is 0.332. The fraction of sp³-hybridized carbons (Fsp3) is 0.222. The molecule has 0 unspecified atom stereocenters. The van der Waals surface area contributed by atoms with E-state index in [9.17, 15) is 0 Å². The Bertz CT molecular complexity index is 3180. The van der Waals surface area contributed by atoms with Gasteiger partial charge >= 0.3 is 6.85 Å². The third kappa shape index (κ3) is 4.58. The Labute approximate surface area is 341 Å². The predicted octanol–water partition coefficient (Wildman–Crippen LogP) is 13.5. The molecule has 0 radical (unpaired) electrons. The molecule has 0 N–H and O–H groups in total. The van der Waals surface area contributed by atoms with Crippen molar-refractivity contribution in [1.29, 1.82) is 0 Å². The van der Waals surface area contributed by atoms with E-state index < -0.39 is 0 Å². The smallest absolute Gasteiger partial charge is 0.376 e. The Hall–Kier alpha value is -6.00. The molecule has 0 amide bonds. The number of aromatic nitrogens is 1. The van der Waals surface area contributed by atoms with Crippen molar-refractivity contribution in [3.05, 3.63) is 150 Å². The van der Waals surface area contributed by atoms with Crippen molar-refractivity contribution in [2.24, 2.45) is 0 Å². The van der Waals surface area contributed by atoms with Gasteiger partial charge in [0.05, 0.1) is 17.1 Å². The molecule has 0 saturated carbocycles. The van der Waals surface area contributed by atoms with E-state index in [-0.39, 0.29) is 17.7 Å². The van der Waals surface area contributed by atoms with E-state index in [1.807, 2.05) is 0 Å². The Morgan fingerprint density at radius 2 is 1.34 bits per heavy atom. The van der Waals surface area contributed by atoms with Crippen LogP contribution in [0.5, 0.6) is 0 Å². The van der Waals surface area contributed by atoms with Gasteiger partial charge in [-0.25, -0.2) is 0 Å². The first-order chi connectivity index (χ1) is 28.2. The van der Waals surface area contributed by atoms with Crippen LogP contribution < -0.4 is 16.0 Å². The van der Waals surface area contributed by atoms with Crippen molar-refractivity contribution in [3.8, 4) is 22.3 Å². The van der Waals surface area contributed by atoms with Crippen LogP contribution in [0.15, 0.2) is 138 Å². The van der Waals surface area contributed by atoms with E-state index in [4.69, 9.17) is 4.42 Å². The molecule has 0 atom stereocenters. The summed E-state index contributed by atoms with van der Waals surface area (Å²) in [6.45, 7) is 11.8. The summed E-state index contributed by atoms with van der Waals surface area (Å²) in [6, 6.07) is 50.7. The molecule has 7 aromatic carbocycles. The number of furan rings is 1. The highest BCUT2D eigenvalue weighted by atomic mass is 16.3. The molecule has 3 nitrogen and oxygen atoms in total. The van der Waals surface area contributed by atoms with Crippen LogP contribution in [-0.2, 0) is 17.3 Å². The molecule has 58 heavy (non-hydrogen) atoms. The molecule has 12 rings (SSSR count). The van der Waals surface area contributed by atoms with Gasteiger partial charge in [0, 0.05) is 43.7 Å². The van der Waals surface area contributed by atoms with Crippen LogP contribution in [0, 0.1) is 0 Å². The zero-order valence-electron chi connectivity index (χ0n) is 34.1. The Kier molecular flexibility index (Phi) is 7.06. The average molecular weight is 751 g/mol. The molecule has 0 fully saturated rings. The van der Waals surface area contributed by atoms with Crippen molar-refractivity contribution < 1.29 is 4.42 Å². The summed E-state index contributed by atoms with van der Waals surface area (Å²) < 4.78 is 10.2. The summed E-state index contributed by atoms with van der Waals surface area (Å²) >= 11 is 0. The van der Waals surface area contributed by atoms with Crippen LogP contribution in [-0.4, -0.2) is 11.3 Å². The summed E-state index contributed by atoms with van der Waals surface area (Å²) in [5.74, 6) is 0. The lowest BCUT2D eigenvalue weighted by Gasteiger charge is -2.42. The third-order valence-corrected chi connectivity index (χ3v) is 14.2. The van der Waals surface area contributed by atoms with E-state index in [1.54, 1.807) is 0 Å². The second-order valence-corrected chi connectivity index (χ2v) is 18.5. The molecule has 1 aliphatic carbocycles. The van der Waals surface area contributed by atoms with E-state index in [0.29, 0.717) is 0 Å². The average Bonchev–Trinajstić information content (AvgIpc) is 3.79. The van der Waals surface area contributed by atoms with Crippen LogP contribution in [0.25, 0.3) is 65.8 Å². The highest BCUT2D eigenvalue weighted by Crippen LogP contribution is 2.54. The molecule has 9 aromatic rings. The minimum absolute atomic E-state index is 0.0448. The monoisotopic (exact) mass is 750 g/mol. The predicted molar refractivity (Wildman–Crippen MR) is 247 cm³/mol. The maximum absolute atomic E-state index is 7.56. The fourth-order valence-electron chi connectivity index (χ4n) is 11.1. The number of rotatable bonds is 5. The number of unbranched alkanes of at least 4 members (excludes halogenated alkanes) is 1. The van der Waals surface area contributed by atoms with Gasteiger partial charge in [0.15, 0.2) is 0 Å². The van der Waals surface area contributed by atoms with Crippen molar-refractivity contribution in [3.63, 3.8) is 0 Å². The van der Waals surface area contributed by atoms with Crippen LogP contribution in [0.4, 0.5) is 17.1 Å². The Morgan fingerprint density at radius 1 is 0.621 bits per heavy atom. The number of fused-ring (bicyclic) bond motifs is 12. The van der Waals surface area contributed by atoms with Gasteiger partial charge in [-0.3, -0.25) is 0 Å². The largest absolute Gasteiger partial charge is 0.466 e. The van der Waals surface area contributed by atoms with Gasteiger partial charge in [0.25, 0.3) is 0 Å². The maximum Gasteiger partial charge on any atom is 0.376 e. The SMILES string of the molecule is CCCCc1ccc(N2c3c4c(cc5ccccc35)-c3cccc5c6ccccc6n(c35)B4c3oc4cc5c(cc4c32)C(C)(C)CCC5(C)C)c(-c2ccccc2)c1. The summed E-state index contributed by atoms with van der Waals surface area (Å²) in [6.07, 6.45) is 5.71. The number of anilines is 3. The lowest BCUT2D eigenvalue weighted by atomic mass is 9.47. The minimum Gasteiger partial charge on any atom is -0.466 e. The molecule has 0 saturated heterocycles. The maximum atomic E-state index is 7.56. The number of aryl methyl sites for hydroxylation is 1. The van der Waals surface area contributed by atoms with E-state index in [0.717, 1.165) is 30.5 Å². The number of nitrogens with zero attached hydrogens (tertiary/aromatic N) is 2.